The standard InChI is InChI=1S/C19H22O3/c1-19(2,3)16-8-4-14(5-9-16)18(21)15-6-10-17(11-7-15)22-13-12-20/h4-11,20H,12-13H2,1-3H3. The first-order chi connectivity index (χ1) is 10.4. The highest BCUT2D eigenvalue weighted by molar-refractivity contribution is 6.09. The van der Waals surface area contributed by atoms with Crippen LogP contribution in [0.3, 0.4) is 0 Å². The molecule has 0 amide bonds. The van der Waals surface area contributed by atoms with E-state index in [9.17, 15) is 4.79 Å². The van der Waals surface area contributed by atoms with E-state index >= 15 is 0 Å². The van der Waals surface area contributed by atoms with Crippen LogP contribution in [0.4, 0.5) is 0 Å². The van der Waals surface area contributed by atoms with E-state index in [0.29, 0.717) is 16.9 Å². The second kappa shape index (κ2) is 6.75. The monoisotopic (exact) mass is 298 g/mol. The van der Waals surface area contributed by atoms with E-state index in [2.05, 4.69) is 20.8 Å². The van der Waals surface area contributed by atoms with Gasteiger partial charge in [0.15, 0.2) is 5.78 Å². The molecule has 0 saturated carbocycles. The average Bonchev–Trinajstić information content (AvgIpc) is 2.52. The van der Waals surface area contributed by atoms with E-state index in [1.165, 1.54) is 5.56 Å². The largest absolute Gasteiger partial charge is 0.491 e. The Kier molecular flexibility index (Phi) is 4.99. The first-order valence-corrected chi connectivity index (χ1v) is 7.41. The van der Waals surface area contributed by atoms with Crippen LogP contribution in [0.15, 0.2) is 48.5 Å². The number of hydrogen-bond donors (Lipinski definition) is 1. The van der Waals surface area contributed by atoms with Crippen LogP contribution in [0, 0.1) is 0 Å². The van der Waals surface area contributed by atoms with Crippen LogP contribution in [0.5, 0.6) is 5.75 Å². The molecular weight excluding hydrogens is 276 g/mol. The van der Waals surface area contributed by atoms with E-state index in [1.807, 2.05) is 24.3 Å². The molecule has 0 aromatic heterocycles. The smallest absolute Gasteiger partial charge is 0.193 e. The van der Waals surface area contributed by atoms with E-state index < -0.39 is 0 Å². The molecule has 2 aromatic rings. The highest BCUT2D eigenvalue weighted by atomic mass is 16.5. The van der Waals surface area contributed by atoms with E-state index in [1.54, 1.807) is 24.3 Å². The Labute approximate surface area is 131 Å². The van der Waals surface area contributed by atoms with Gasteiger partial charge in [-0.15, -0.1) is 0 Å². The zero-order chi connectivity index (χ0) is 16.2. The van der Waals surface area contributed by atoms with Crippen molar-refractivity contribution in [3.63, 3.8) is 0 Å². The van der Waals surface area contributed by atoms with Crippen molar-refractivity contribution in [2.75, 3.05) is 13.2 Å². The third-order valence-corrected chi connectivity index (χ3v) is 3.49. The molecule has 116 valence electrons. The lowest BCUT2D eigenvalue weighted by atomic mass is 9.86. The fraction of sp³-hybridized carbons (Fsp3) is 0.316. The summed E-state index contributed by atoms with van der Waals surface area (Å²) in [5, 5.41) is 8.72. The molecule has 0 atom stereocenters. The highest BCUT2D eigenvalue weighted by Crippen LogP contribution is 2.23. The van der Waals surface area contributed by atoms with Gasteiger partial charge in [-0.25, -0.2) is 0 Å². The van der Waals surface area contributed by atoms with Gasteiger partial charge in [0.1, 0.15) is 12.4 Å². The summed E-state index contributed by atoms with van der Waals surface area (Å²) < 4.78 is 5.29. The van der Waals surface area contributed by atoms with Gasteiger partial charge in [0.25, 0.3) is 0 Å². The summed E-state index contributed by atoms with van der Waals surface area (Å²) in [6.45, 7) is 6.67. The number of hydrogen-bond acceptors (Lipinski definition) is 3. The lowest BCUT2D eigenvalue weighted by Gasteiger charge is -2.19. The molecule has 0 heterocycles. The topological polar surface area (TPSA) is 46.5 Å². The number of benzene rings is 2. The van der Waals surface area contributed by atoms with Gasteiger partial charge in [0, 0.05) is 11.1 Å². The molecule has 0 bridgehead atoms. The normalized spacial score (nSPS) is 11.3. The second-order valence-corrected chi connectivity index (χ2v) is 6.25. The molecular formula is C19H22O3. The summed E-state index contributed by atoms with van der Waals surface area (Å²) in [5.74, 6) is 0.642. The molecule has 0 aliphatic carbocycles. The Balaban J connectivity index is 2.14. The summed E-state index contributed by atoms with van der Waals surface area (Å²) in [4.78, 5) is 12.5. The third-order valence-electron chi connectivity index (χ3n) is 3.49. The molecule has 3 heteroatoms. The van der Waals surface area contributed by atoms with Gasteiger partial charge >= 0.3 is 0 Å². The SMILES string of the molecule is CC(C)(C)c1ccc(C(=O)c2ccc(OCCO)cc2)cc1. The first kappa shape index (κ1) is 16.2. The van der Waals surface area contributed by atoms with E-state index in [4.69, 9.17) is 9.84 Å². The van der Waals surface area contributed by atoms with Crippen LogP contribution in [-0.2, 0) is 5.41 Å². The fourth-order valence-electron chi connectivity index (χ4n) is 2.15. The maximum atomic E-state index is 12.5. The molecule has 0 aliphatic heterocycles. The number of rotatable bonds is 5. The average molecular weight is 298 g/mol. The Hall–Kier alpha value is -2.13. The van der Waals surface area contributed by atoms with E-state index in [0.717, 1.165) is 0 Å². The minimum absolute atomic E-state index is 0.00540. The molecule has 0 aliphatic rings. The van der Waals surface area contributed by atoms with Crippen molar-refractivity contribution in [1.82, 2.24) is 0 Å². The summed E-state index contributed by atoms with van der Waals surface area (Å²) >= 11 is 0. The Morgan fingerprint density at radius 2 is 1.45 bits per heavy atom. The number of carbonyl (C=O) groups is 1. The first-order valence-electron chi connectivity index (χ1n) is 7.41. The Morgan fingerprint density at radius 3 is 1.91 bits per heavy atom. The summed E-state index contributed by atoms with van der Waals surface area (Å²) in [6.07, 6.45) is 0. The van der Waals surface area contributed by atoms with Crippen LogP contribution >= 0.6 is 0 Å². The van der Waals surface area contributed by atoms with Crippen LogP contribution < -0.4 is 4.74 Å². The van der Waals surface area contributed by atoms with Crippen molar-refractivity contribution in [3.8, 4) is 5.75 Å². The zero-order valence-corrected chi connectivity index (χ0v) is 13.3. The minimum atomic E-state index is -0.0270. The fourth-order valence-corrected chi connectivity index (χ4v) is 2.15. The number of ketones is 1. The molecule has 0 saturated heterocycles. The van der Waals surface area contributed by atoms with Crippen LogP contribution in [0.1, 0.15) is 42.3 Å². The molecule has 0 unspecified atom stereocenters. The number of aliphatic hydroxyl groups is 1. The predicted octanol–water partition coefficient (Wildman–Crippen LogP) is 3.59. The number of aliphatic hydroxyl groups excluding tert-OH is 1. The Morgan fingerprint density at radius 1 is 0.955 bits per heavy atom. The van der Waals surface area contributed by atoms with Crippen LogP contribution in [0.2, 0.25) is 0 Å². The van der Waals surface area contributed by atoms with Crippen molar-refractivity contribution < 1.29 is 14.6 Å². The lowest BCUT2D eigenvalue weighted by molar-refractivity contribution is 0.103. The van der Waals surface area contributed by atoms with Crippen molar-refractivity contribution >= 4 is 5.78 Å². The molecule has 3 nitrogen and oxygen atoms in total. The van der Waals surface area contributed by atoms with Crippen molar-refractivity contribution in [2.24, 2.45) is 0 Å². The van der Waals surface area contributed by atoms with Crippen molar-refractivity contribution in [3.05, 3.63) is 65.2 Å². The Bertz CT molecular complexity index is 619. The van der Waals surface area contributed by atoms with Gasteiger partial charge in [-0.05, 0) is 35.2 Å². The zero-order valence-electron chi connectivity index (χ0n) is 13.3. The summed E-state index contributed by atoms with van der Waals surface area (Å²) in [5.41, 5.74) is 2.58. The number of carbonyl (C=O) groups excluding carboxylic acids is 1. The quantitative estimate of drug-likeness (QED) is 0.858. The van der Waals surface area contributed by atoms with Gasteiger partial charge < -0.3 is 9.84 Å². The second-order valence-electron chi connectivity index (χ2n) is 6.25. The molecule has 0 radical (unpaired) electrons. The minimum Gasteiger partial charge on any atom is -0.491 e. The van der Waals surface area contributed by atoms with Gasteiger partial charge in [0.2, 0.25) is 0 Å². The maximum Gasteiger partial charge on any atom is 0.193 e. The molecule has 1 N–H and O–H groups in total. The third kappa shape index (κ3) is 3.95. The molecule has 0 fully saturated rings. The number of ether oxygens (including phenoxy) is 1. The van der Waals surface area contributed by atoms with Gasteiger partial charge in [-0.2, -0.15) is 0 Å². The molecule has 2 aromatic carbocycles. The van der Waals surface area contributed by atoms with E-state index in [-0.39, 0.29) is 24.4 Å². The molecule has 22 heavy (non-hydrogen) atoms. The summed E-state index contributed by atoms with van der Waals surface area (Å²) in [7, 11) is 0. The van der Waals surface area contributed by atoms with Gasteiger partial charge in [0.05, 0.1) is 6.61 Å². The van der Waals surface area contributed by atoms with Crippen LogP contribution in [-0.4, -0.2) is 24.1 Å². The highest BCUT2D eigenvalue weighted by Gasteiger charge is 2.15. The van der Waals surface area contributed by atoms with Gasteiger partial charge in [-0.3, -0.25) is 4.79 Å². The lowest BCUT2D eigenvalue weighted by Crippen LogP contribution is -2.11. The van der Waals surface area contributed by atoms with Gasteiger partial charge in [-0.1, -0.05) is 45.0 Å². The van der Waals surface area contributed by atoms with Crippen molar-refractivity contribution in [2.45, 2.75) is 26.2 Å². The summed E-state index contributed by atoms with van der Waals surface area (Å²) in [6, 6.07) is 14.7. The maximum absolute atomic E-state index is 12.5. The van der Waals surface area contributed by atoms with Crippen LogP contribution in [0.25, 0.3) is 0 Å². The predicted molar refractivity (Wildman–Crippen MR) is 87.6 cm³/mol. The molecule has 0 spiro atoms. The molecule has 2 rings (SSSR count). The van der Waals surface area contributed by atoms with Crippen molar-refractivity contribution in [1.29, 1.82) is 0 Å².